The molecule has 0 aromatic heterocycles. The number of likely N-dealkylation sites (tertiary alicyclic amines) is 1. The lowest BCUT2D eigenvalue weighted by atomic mass is 9.96. The van der Waals surface area contributed by atoms with Crippen molar-refractivity contribution in [3.63, 3.8) is 0 Å². The van der Waals surface area contributed by atoms with E-state index in [4.69, 9.17) is 14.2 Å². The van der Waals surface area contributed by atoms with Gasteiger partial charge in [-0.3, -0.25) is 19.3 Å². The molecule has 9 nitrogen and oxygen atoms in total. The van der Waals surface area contributed by atoms with Gasteiger partial charge in [0.15, 0.2) is 0 Å². The van der Waals surface area contributed by atoms with E-state index in [1.807, 2.05) is 19.1 Å². The van der Waals surface area contributed by atoms with Gasteiger partial charge in [-0.2, -0.15) is 0 Å². The summed E-state index contributed by atoms with van der Waals surface area (Å²) in [7, 11) is 3.14. The van der Waals surface area contributed by atoms with Crippen LogP contribution >= 0.6 is 0 Å². The number of ether oxygens (including phenoxy) is 3. The van der Waals surface area contributed by atoms with Crippen LogP contribution in [0.25, 0.3) is 0 Å². The van der Waals surface area contributed by atoms with E-state index in [0.717, 1.165) is 5.56 Å². The second-order valence-electron chi connectivity index (χ2n) is 9.12. The summed E-state index contributed by atoms with van der Waals surface area (Å²) in [5.41, 5.74) is 1.15. The maximum atomic E-state index is 13.7. The van der Waals surface area contributed by atoms with Crippen molar-refractivity contribution < 1.29 is 28.6 Å². The van der Waals surface area contributed by atoms with Gasteiger partial charge in [-0.1, -0.05) is 17.7 Å². The summed E-state index contributed by atoms with van der Waals surface area (Å²) in [5.74, 6) is 0.0646. The minimum Gasteiger partial charge on any atom is -0.497 e. The number of amides is 3. The number of piperidine rings is 1. The Morgan fingerprint density at radius 3 is 2.19 bits per heavy atom. The second-order valence-corrected chi connectivity index (χ2v) is 9.12. The fraction of sp³-hybridized carbons (Fsp3) is 0.444. The molecule has 2 aliphatic heterocycles. The molecule has 2 fully saturated rings. The molecule has 0 unspecified atom stereocenters. The standard InChI is InChI=1S/C27H33N3O6/c1-19-4-6-21(7-5-19)26(33)30-23(24(31)28-14-17-34-2)18-36-27(30)12-15-29(16-13-27)25(32)20-8-10-22(35-3)11-9-20/h4-11,23H,12-18H2,1-3H3,(H,28,31)/t23-/m1/s1. The second kappa shape index (κ2) is 11.1. The Morgan fingerprint density at radius 1 is 0.972 bits per heavy atom. The predicted octanol–water partition coefficient (Wildman–Crippen LogP) is 2.24. The van der Waals surface area contributed by atoms with Gasteiger partial charge in [-0.15, -0.1) is 0 Å². The molecule has 2 aliphatic rings. The zero-order chi connectivity index (χ0) is 25.7. The Balaban J connectivity index is 1.53. The number of aryl methyl sites for hydroxylation is 1. The number of carbonyl (C=O) groups is 3. The van der Waals surface area contributed by atoms with Crippen molar-refractivity contribution in [3.8, 4) is 5.75 Å². The summed E-state index contributed by atoms with van der Waals surface area (Å²) in [6.07, 6.45) is 0.822. The maximum absolute atomic E-state index is 13.7. The van der Waals surface area contributed by atoms with Crippen molar-refractivity contribution in [3.05, 3.63) is 65.2 Å². The molecular formula is C27H33N3O6. The Morgan fingerprint density at radius 2 is 1.58 bits per heavy atom. The first-order valence-electron chi connectivity index (χ1n) is 12.1. The molecule has 1 atom stereocenters. The highest BCUT2D eigenvalue weighted by Gasteiger charge is 2.54. The molecule has 3 amide bonds. The molecule has 192 valence electrons. The van der Waals surface area contributed by atoms with Gasteiger partial charge in [0.05, 0.1) is 20.3 Å². The van der Waals surface area contributed by atoms with Gasteiger partial charge in [0.2, 0.25) is 5.91 Å². The van der Waals surface area contributed by atoms with Crippen LogP contribution in [0.3, 0.4) is 0 Å². The van der Waals surface area contributed by atoms with E-state index in [9.17, 15) is 14.4 Å². The summed E-state index contributed by atoms with van der Waals surface area (Å²) in [6.45, 7) is 3.58. The zero-order valence-electron chi connectivity index (χ0n) is 21.0. The lowest BCUT2D eigenvalue weighted by molar-refractivity contribution is -0.128. The molecule has 0 saturated carbocycles. The highest BCUT2D eigenvalue weighted by atomic mass is 16.5. The summed E-state index contributed by atoms with van der Waals surface area (Å²) < 4.78 is 16.4. The first-order chi connectivity index (χ1) is 17.4. The number of nitrogens with one attached hydrogen (secondary N) is 1. The van der Waals surface area contributed by atoms with E-state index in [-0.39, 0.29) is 24.3 Å². The zero-order valence-corrected chi connectivity index (χ0v) is 21.0. The average molecular weight is 496 g/mol. The minimum atomic E-state index is -0.956. The van der Waals surface area contributed by atoms with Crippen molar-refractivity contribution in [2.45, 2.75) is 31.5 Å². The van der Waals surface area contributed by atoms with Gasteiger partial charge >= 0.3 is 0 Å². The fourth-order valence-corrected chi connectivity index (χ4v) is 4.77. The Labute approximate surface area is 211 Å². The smallest absolute Gasteiger partial charge is 0.256 e. The third kappa shape index (κ3) is 5.22. The van der Waals surface area contributed by atoms with Crippen molar-refractivity contribution >= 4 is 17.7 Å². The molecule has 0 radical (unpaired) electrons. The lowest BCUT2D eigenvalue weighted by Gasteiger charge is -2.44. The van der Waals surface area contributed by atoms with E-state index in [0.29, 0.717) is 56.0 Å². The normalized spacial score (nSPS) is 18.8. The van der Waals surface area contributed by atoms with E-state index < -0.39 is 11.8 Å². The number of benzene rings is 2. The predicted molar refractivity (Wildman–Crippen MR) is 133 cm³/mol. The van der Waals surface area contributed by atoms with Gasteiger partial charge in [-0.05, 0) is 43.3 Å². The van der Waals surface area contributed by atoms with Crippen LogP contribution in [0.15, 0.2) is 48.5 Å². The van der Waals surface area contributed by atoms with Crippen molar-refractivity contribution in [1.82, 2.24) is 15.1 Å². The summed E-state index contributed by atoms with van der Waals surface area (Å²) >= 11 is 0. The highest BCUT2D eigenvalue weighted by Crippen LogP contribution is 2.39. The van der Waals surface area contributed by atoms with Crippen LogP contribution in [0.2, 0.25) is 0 Å². The van der Waals surface area contributed by atoms with Crippen LogP contribution in [-0.4, -0.2) is 86.4 Å². The molecule has 1 N–H and O–H groups in total. The van der Waals surface area contributed by atoms with E-state index in [2.05, 4.69) is 5.32 Å². The Bertz CT molecular complexity index is 1080. The summed E-state index contributed by atoms with van der Waals surface area (Å²) in [4.78, 5) is 43.2. The number of hydrogen-bond acceptors (Lipinski definition) is 6. The molecule has 0 aliphatic carbocycles. The Hall–Kier alpha value is -3.43. The van der Waals surface area contributed by atoms with E-state index >= 15 is 0 Å². The van der Waals surface area contributed by atoms with Gasteiger partial charge in [0.1, 0.15) is 17.5 Å². The van der Waals surface area contributed by atoms with Crippen molar-refractivity contribution in [2.75, 3.05) is 47.1 Å². The Kier molecular flexibility index (Phi) is 7.91. The lowest BCUT2D eigenvalue weighted by Crippen LogP contribution is -2.60. The van der Waals surface area contributed by atoms with Gasteiger partial charge in [0, 0.05) is 50.7 Å². The minimum absolute atomic E-state index is 0.0873. The van der Waals surface area contributed by atoms with Crippen LogP contribution in [0, 0.1) is 6.92 Å². The van der Waals surface area contributed by atoms with Crippen molar-refractivity contribution in [1.29, 1.82) is 0 Å². The molecular weight excluding hydrogens is 462 g/mol. The van der Waals surface area contributed by atoms with Crippen LogP contribution in [0.5, 0.6) is 5.75 Å². The number of nitrogens with zero attached hydrogens (tertiary/aromatic N) is 2. The number of carbonyl (C=O) groups excluding carboxylic acids is 3. The van der Waals surface area contributed by atoms with Crippen LogP contribution in [-0.2, 0) is 14.3 Å². The van der Waals surface area contributed by atoms with E-state index in [1.54, 1.807) is 60.4 Å². The molecule has 4 rings (SSSR count). The number of methoxy groups -OCH3 is 2. The molecule has 2 heterocycles. The van der Waals surface area contributed by atoms with Gasteiger partial charge in [0.25, 0.3) is 11.8 Å². The molecule has 2 saturated heterocycles. The molecule has 9 heteroatoms. The van der Waals surface area contributed by atoms with Gasteiger partial charge in [-0.25, -0.2) is 0 Å². The summed E-state index contributed by atoms with van der Waals surface area (Å²) in [5, 5.41) is 2.84. The third-order valence-corrected chi connectivity index (χ3v) is 6.85. The highest BCUT2D eigenvalue weighted by molar-refractivity contribution is 5.98. The SMILES string of the molecule is COCCNC(=O)[C@H]1COC2(CCN(C(=O)c3ccc(OC)cc3)CC2)N1C(=O)c1ccc(C)cc1. The molecule has 0 bridgehead atoms. The fourth-order valence-electron chi connectivity index (χ4n) is 4.77. The van der Waals surface area contributed by atoms with Crippen LogP contribution in [0.4, 0.5) is 0 Å². The molecule has 2 aromatic rings. The van der Waals surface area contributed by atoms with Crippen molar-refractivity contribution in [2.24, 2.45) is 0 Å². The molecule has 2 aromatic carbocycles. The molecule has 1 spiro atoms. The number of rotatable bonds is 7. The summed E-state index contributed by atoms with van der Waals surface area (Å²) in [6, 6.07) is 13.5. The largest absolute Gasteiger partial charge is 0.497 e. The maximum Gasteiger partial charge on any atom is 0.256 e. The third-order valence-electron chi connectivity index (χ3n) is 6.85. The van der Waals surface area contributed by atoms with Crippen LogP contribution < -0.4 is 10.1 Å². The first kappa shape index (κ1) is 25.7. The monoisotopic (exact) mass is 495 g/mol. The number of hydrogen-bond donors (Lipinski definition) is 1. The van der Waals surface area contributed by atoms with Crippen LogP contribution in [0.1, 0.15) is 39.1 Å². The average Bonchev–Trinajstić information content (AvgIpc) is 3.27. The van der Waals surface area contributed by atoms with E-state index in [1.165, 1.54) is 0 Å². The first-order valence-corrected chi connectivity index (χ1v) is 12.1. The van der Waals surface area contributed by atoms with Gasteiger partial charge < -0.3 is 24.4 Å². The molecule has 36 heavy (non-hydrogen) atoms. The topological polar surface area (TPSA) is 97.4 Å². The quantitative estimate of drug-likeness (QED) is 0.592.